The minimum atomic E-state index is -4.61. The van der Waals surface area contributed by atoms with Crippen molar-refractivity contribution in [2.75, 3.05) is 18.9 Å². The van der Waals surface area contributed by atoms with Gasteiger partial charge in [0, 0.05) is 23.7 Å². The first kappa shape index (κ1) is 28.9. The van der Waals surface area contributed by atoms with Crippen molar-refractivity contribution in [1.29, 1.82) is 0 Å². The molecule has 0 atom stereocenters. The second-order valence-corrected chi connectivity index (χ2v) is 9.65. The van der Waals surface area contributed by atoms with Crippen LogP contribution in [0.4, 0.5) is 37.8 Å². The fraction of sp³-hybridized carbons (Fsp3) is 0.200. The topological polar surface area (TPSA) is 66.8 Å². The number of anilines is 2. The molecule has 3 heterocycles. The summed E-state index contributed by atoms with van der Waals surface area (Å²) in [5.74, 6) is 0.645. The van der Waals surface area contributed by atoms with E-state index in [2.05, 4.69) is 25.3 Å². The predicted molar refractivity (Wildman–Crippen MR) is 147 cm³/mol. The van der Waals surface area contributed by atoms with Crippen LogP contribution >= 0.6 is 0 Å². The van der Waals surface area contributed by atoms with E-state index in [1.54, 1.807) is 6.07 Å². The first-order chi connectivity index (χ1) is 20.0. The van der Waals surface area contributed by atoms with Crippen LogP contribution in [-0.2, 0) is 25.3 Å². The largest absolute Gasteiger partial charge is 0.433 e. The standard InChI is InChI=1S/C30H24F6N6/c1-42(15-13-19-6-3-2-4-7-19)18-26-40-24-16-20(27-23(29(31,32)33)8-5-14-37-27)9-11-22(24)28(41-26)39-21-10-12-25(38-17-21)30(34,35)36/h2-12,14,16-17H,13,15,18H2,1H3,(H,39,40,41). The van der Waals surface area contributed by atoms with Crippen LogP contribution in [0, 0.1) is 0 Å². The number of likely N-dealkylation sites (N-methyl/N-ethyl adjacent to an activating group) is 1. The summed E-state index contributed by atoms with van der Waals surface area (Å²) in [6.45, 7) is 0.990. The van der Waals surface area contributed by atoms with E-state index in [1.807, 2.05) is 42.3 Å². The zero-order valence-corrected chi connectivity index (χ0v) is 22.2. The zero-order valence-electron chi connectivity index (χ0n) is 22.2. The highest BCUT2D eigenvalue weighted by Gasteiger charge is 2.34. The average Bonchev–Trinajstić information content (AvgIpc) is 2.96. The quantitative estimate of drug-likeness (QED) is 0.191. The van der Waals surface area contributed by atoms with Gasteiger partial charge in [-0.15, -0.1) is 0 Å². The van der Waals surface area contributed by atoms with E-state index in [0.717, 1.165) is 30.3 Å². The Hall–Kier alpha value is -4.58. The molecule has 42 heavy (non-hydrogen) atoms. The third-order valence-corrected chi connectivity index (χ3v) is 6.48. The lowest BCUT2D eigenvalue weighted by atomic mass is 10.0. The summed E-state index contributed by atoms with van der Waals surface area (Å²) in [6, 6.07) is 18.7. The van der Waals surface area contributed by atoms with Gasteiger partial charge in [-0.25, -0.2) is 15.0 Å². The molecule has 0 aliphatic heterocycles. The number of benzene rings is 2. The summed E-state index contributed by atoms with van der Waals surface area (Å²) in [5.41, 5.74) is -0.209. The van der Waals surface area contributed by atoms with Gasteiger partial charge in [-0.3, -0.25) is 9.88 Å². The molecular formula is C30H24F6N6. The SMILES string of the molecule is CN(CCc1ccccc1)Cc1nc(Nc2ccc(C(F)(F)F)nc2)c2ccc(-c3ncccc3C(F)(F)F)cc2n1. The van der Waals surface area contributed by atoms with Crippen LogP contribution in [0.25, 0.3) is 22.2 Å². The Balaban J connectivity index is 1.51. The van der Waals surface area contributed by atoms with Crippen molar-refractivity contribution in [2.45, 2.75) is 25.3 Å². The number of hydrogen-bond acceptors (Lipinski definition) is 6. The van der Waals surface area contributed by atoms with Crippen LogP contribution in [-0.4, -0.2) is 38.4 Å². The first-order valence-electron chi connectivity index (χ1n) is 12.8. The molecule has 0 aliphatic rings. The number of halogens is 6. The normalized spacial score (nSPS) is 12.2. The number of pyridine rings is 2. The lowest BCUT2D eigenvalue weighted by molar-refractivity contribution is -0.141. The van der Waals surface area contributed by atoms with Crippen molar-refractivity contribution in [3.05, 3.63) is 108 Å². The van der Waals surface area contributed by atoms with Crippen molar-refractivity contribution < 1.29 is 26.3 Å². The van der Waals surface area contributed by atoms with Gasteiger partial charge >= 0.3 is 12.4 Å². The smallest absolute Gasteiger partial charge is 0.338 e. The number of aromatic nitrogens is 4. The van der Waals surface area contributed by atoms with Crippen molar-refractivity contribution in [3.8, 4) is 11.3 Å². The Morgan fingerprint density at radius 1 is 0.810 bits per heavy atom. The monoisotopic (exact) mass is 582 g/mol. The maximum absolute atomic E-state index is 13.7. The number of fused-ring (bicyclic) bond motifs is 1. The van der Waals surface area contributed by atoms with E-state index in [1.165, 1.54) is 30.5 Å². The Morgan fingerprint density at radius 3 is 2.29 bits per heavy atom. The van der Waals surface area contributed by atoms with Crippen molar-refractivity contribution in [1.82, 2.24) is 24.8 Å². The van der Waals surface area contributed by atoms with Crippen LogP contribution in [0.15, 0.2) is 85.2 Å². The molecule has 0 saturated carbocycles. The molecule has 5 rings (SSSR count). The first-order valence-corrected chi connectivity index (χ1v) is 12.8. The van der Waals surface area contributed by atoms with E-state index in [-0.39, 0.29) is 22.8 Å². The predicted octanol–water partition coefficient (Wildman–Crippen LogP) is 7.54. The lowest BCUT2D eigenvalue weighted by Crippen LogP contribution is -2.22. The van der Waals surface area contributed by atoms with Crippen LogP contribution in [0.1, 0.15) is 22.6 Å². The van der Waals surface area contributed by atoms with Gasteiger partial charge in [-0.2, -0.15) is 26.3 Å². The molecule has 0 amide bonds. The minimum Gasteiger partial charge on any atom is -0.338 e. The summed E-state index contributed by atoms with van der Waals surface area (Å²) in [5, 5.41) is 3.45. The molecule has 12 heteroatoms. The van der Waals surface area contributed by atoms with Gasteiger partial charge in [0.1, 0.15) is 17.3 Å². The highest BCUT2D eigenvalue weighted by atomic mass is 19.4. The Labute approximate surface area is 237 Å². The lowest BCUT2D eigenvalue weighted by Gasteiger charge is -2.18. The van der Waals surface area contributed by atoms with E-state index in [9.17, 15) is 26.3 Å². The number of alkyl halides is 6. The van der Waals surface area contributed by atoms with Crippen molar-refractivity contribution in [2.24, 2.45) is 0 Å². The van der Waals surface area contributed by atoms with Gasteiger partial charge in [0.25, 0.3) is 0 Å². The number of hydrogen-bond donors (Lipinski definition) is 1. The molecule has 0 aliphatic carbocycles. The van der Waals surface area contributed by atoms with Crippen LogP contribution < -0.4 is 5.32 Å². The van der Waals surface area contributed by atoms with Gasteiger partial charge in [0.05, 0.1) is 35.2 Å². The van der Waals surface area contributed by atoms with E-state index in [4.69, 9.17) is 0 Å². The Bertz CT molecular complexity index is 1670. The molecule has 2 aromatic carbocycles. The highest BCUT2D eigenvalue weighted by molar-refractivity contribution is 5.93. The number of nitrogens with zero attached hydrogens (tertiary/aromatic N) is 5. The summed E-state index contributed by atoms with van der Waals surface area (Å²) in [7, 11) is 1.89. The average molecular weight is 583 g/mol. The van der Waals surface area contributed by atoms with Crippen LogP contribution in [0.3, 0.4) is 0 Å². The molecule has 0 unspecified atom stereocenters. The van der Waals surface area contributed by atoms with E-state index < -0.39 is 23.6 Å². The summed E-state index contributed by atoms with van der Waals surface area (Å²) < 4.78 is 80.1. The maximum atomic E-state index is 13.7. The van der Waals surface area contributed by atoms with Gasteiger partial charge in [0.2, 0.25) is 0 Å². The minimum absolute atomic E-state index is 0.208. The van der Waals surface area contributed by atoms with Crippen molar-refractivity contribution in [3.63, 3.8) is 0 Å². The van der Waals surface area contributed by atoms with Crippen LogP contribution in [0.5, 0.6) is 0 Å². The van der Waals surface area contributed by atoms with E-state index in [0.29, 0.717) is 29.8 Å². The fourth-order valence-electron chi connectivity index (χ4n) is 4.41. The van der Waals surface area contributed by atoms with Gasteiger partial charge in [-0.05, 0) is 55.4 Å². The molecule has 3 aromatic heterocycles. The molecule has 6 nitrogen and oxygen atoms in total. The molecule has 0 fully saturated rings. The second kappa shape index (κ2) is 11.7. The zero-order chi connectivity index (χ0) is 29.9. The molecular weight excluding hydrogens is 558 g/mol. The number of rotatable bonds is 8. The highest BCUT2D eigenvalue weighted by Crippen LogP contribution is 2.37. The molecule has 0 spiro atoms. The van der Waals surface area contributed by atoms with Gasteiger partial charge < -0.3 is 5.32 Å². The summed E-state index contributed by atoms with van der Waals surface area (Å²) in [4.78, 5) is 18.7. The van der Waals surface area contributed by atoms with E-state index >= 15 is 0 Å². The maximum Gasteiger partial charge on any atom is 0.433 e. The third kappa shape index (κ3) is 6.82. The molecule has 5 aromatic rings. The second-order valence-electron chi connectivity index (χ2n) is 9.65. The molecule has 216 valence electrons. The molecule has 0 saturated heterocycles. The fourth-order valence-corrected chi connectivity index (χ4v) is 4.41. The third-order valence-electron chi connectivity index (χ3n) is 6.48. The van der Waals surface area contributed by atoms with Crippen LogP contribution in [0.2, 0.25) is 0 Å². The summed E-state index contributed by atoms with van der Waals surface area (Å²) >= 11 is 0. The molecule has 1 N–H and O–H groups in total. The summed E-state index contributed by atoms with van der Waals surface area (Å²) in [6.07, 6.45) is -6.10. The van der Waals surface area contributed by atoms with Gasteiger partial charge in [-0.1, -0.05) is 36.4 Å². The number of nitrogens with one attached hydrogen (secondary N) is 1. The molecule has 0 bridgehead atoms. The Morgan fingerprint density at radius 2 is 1.60 bits per heavy atom. The Kier molecular flexibility index (Phi) is 8.08. The van der Waals surface area contributed by atoms with Gasteiger partial charge in [0.15, 0.2) is 0 Å². The molecule has 0 radical (unpaired) electrons. The van der Waals surface area contributed by atoms with Crippen molar-refractivity contribution >= 4 is 22.4 Å².